The summed E-state index contributed by atoms with van der Waals surface area (Å²) in [6.45, 7) is 1.90. The summed E-state index contributed by atoms with van der Waals surface area (Å²) in [5, 5.41) is 3.18. The summed E-state index contributed by atoms with van der Waals surface area (Å²) < 4.78 is 5.13. The van der Waals surface area contributed by atoms with E-state index < -0.39 is 0 Å². The minimum absolute atomic E-state index is 0.561. The lowest BCUT2D eigenvalue weighted by molar-refractivity contribution is 0.394. The van der Waals surface area contributed by atoms with Crippen molar-refractivity contribution in [1.82, 2.24) is 9.97 Å². The normalized spacial score (nSPS) is 10.0. The van der Waals surface area contributed by atoms with Gasteiger partial charge >= 0.3 is 0 Å². The first-order valence-electron chi connectivity index (χ1n) is 5.19. The molecule has 1 aromatic carbocycles. The molecule has 0 unspecified atom stereocenters. The van der Waals surface area contributed by atoms with Gasteiger partial charge in [-0.2, -0.15) is 0 Å². The zero-order valence-corrected chi connectivity index (χ0v) is 9.77. The molecule has 0 atom stereocenters. The largest absolute Gasteiger partial charge is 0.481 e. The molecule has 5 nitrogen and oxygen atoms in total. The lowest BCUT2D eigenvalue weighted by Crippen LogP contribution is -2.00. The number of benzene rings is 1. The molecule has 0 aliphatic heterocycles. The fourth-order valence-corrected chi connectivity index (χ4v) is 1.52. The fraction of sp³-hybridized carbons (Fsp3) is 0.167. The van der Waals surface area contributed by atoms with Crippen molar-refractivity contribution in [2.24, 2.45) is 0 Å². The second-order valence-corrected chi connectivity index (χ2v) is 3.61. The van der Waals surface area contributed by atoms with Gasteiger partial charge in [-0.15, -0.1) is 0 Å². The van der Waals surface area contributed by atoms with Gasteiger partial charge in [-0.25, -0.2) is 9.97 Å². The van der Waals surface area contributed by atoms with Gasteiger partial charge in [0.2, 0.25) is 5.88 Å². The molecule has 88 valence electrons. The third-order valence-corrected chi connectivity index (χ3v) is 2.38. The topological polar surface area (TPSA) is 73.1 Å². The number of hydrogen-bond acceptors (Lipinski definition) is 5. The Morgan fingerprint density at radius 1 is 1.29 bits per heavy atom. The molecule has 0 radical (unpaired) electrons. The van der Waals surface area contributed by atoms with E-state index in [1.54, 1.807) is 7.11 Å². The van der Waals surface area contributed by atoms with E-state index in [0.717, 1.165) is 11.3 Å². The third kappa shape index (κ3) is 2.44. The van der Waals surface area contributed by atoms with Gasteiger partial charge in [0.1, 0.15) is 12.1 Å². The second-order valence-electron chi connectivity index (χ2n) is 3.61. The van der Waals surface area contributed by atoms with E-state index >= 15 is 0 Å². The van der Waals surface area contributed by atoms with E-state index in [0.29, 0.717) is 17.4 Å². The van der Waals surface area contributed by atoms with E-state index in [-0.39, 0.29) is 0 Å². The molecule has 0 saturated carbocycles. The number of rotatable bonds is 3. The van der Waals surface area contributed by atoms with Gasteiger partial charge in [-0.3, -0.25) is 0 Å². The van der Waals surface area contributed by atoms with Crippen LogP contribution in [0.3, 0.4) is 0 Å². The predicted octanol–water partition coefficient (Wildman–Crippen LogP) is 2.12. The molecule has 2 rings (SSSR count). The van der Waals surface area contributed by atoms with Crippen molar-refractivity contribution in [3.8, 4) is 5.88 Å². The van der Waals surface area contributed by atoms with Gasteiger partial charge < -0.3 is 15.8 Å². The van der Waals surface area contributed by atoms with Crippen LogP contribution in [0.15, 0.2) is 30.6 Å². The molecule has 2 aromatic rings. The zero-order chi connectivity index (χ0) is 12.3. The molecule has 1 aromatic heterocycles. The molecule has 5 heteroatoms. The first kappa shape index (κ1) is 11.2. The van der Waals surface area contributed by atoms with Gasteiger partial charge in [0.15, 0.2) is 0 Å². The van der Waals surface area contributed by atoms with Crippen LogP contribution in [0.25, 0.3) is 0 Å². The fourth-order valence-electron chi connectivity index (χ4n) is 1.52. The van der Waals surface area contributed by atoms with Crippen molar-refractivity contribution < 1.29 is 4.74 Å². The quantitative estimate of drug-likeness (QED) is 0.790. The molecule has 17 heavy (non-hydrogen) atoms. The molecule has 0 aliphatic rings. The van der Waals surface area contributed by atoms with Crippen LogP contribution in [0.4, 0.5) is 17.2 Å². The van der Waals surface area contributed by atoms with Gasteiger partial charge in [0.25, 0.3) is 0 Å². The van der Waals surface area contributed by atoms with E-state index in [9.17, 15) is 0 Å². The Kier molecular flexibility index (Phi) is 3.09. The lowest BCUT2D eigenvalue weighted by atomic mass is 10.2. The first-order chi connectivity index (χ1) is 8.20. The molecule has 1 heterocycles. The second kappa shape index (κ2) is 4.69. The Labute approximate surface area is 99.7 Å². The number of nitrogen functional groups attached to an aromatic ring is 1. The molecule has 0 bridgehead atoms. The Morgan fingerprint density at radius 2 is 2.12 bits per heavy atom. The minimum atomic E-state index is 0.561. The number of nitrogens with one attached hydrogen (secondary N) is 1. The Morgan fingerprint density at radius 3 is 2.82 bits per heavy atom. The monoisotopic (exact) mass is 230 g/mol. The molecule has 0 aliphatic carbocycles. The average molecular weight is 230 g/mol. The maximum Gasteiger partial charge on any atom is 0.221 e. The molecule has 0 saturated heterocycles. The van der Waals surface area contributed by atoms with Crippen molar-refractivity contribution in [1.29, 1.82) is 0 Å². The van der Waals surface area contributed by atoms with Gasteiger partial charge in [-0.1, -0.05) is 6.07 Å². The standard InChI is InChI=1S/C12H14N4O/c1-8-11(14-7-15-12(8)17-2)16-10-5-3-4-9(13)6-10/h3-7H,13H2,1-2H3,(H,14,15,16). The molecule has 0 fully saturated rings. The summed E-state index contributed by atoms with van der Waals surface area (Å²) in [6, 6.07) is 7.47. The number of nitrogens with two attached hydrogens (primary N) is 1. The Balaban J connectivity index is 2.30. The van der Waals surface area contributed by atoms with Crippen molar-refractivity contribution in [3.05, 3.63) is 36.2 Å². The lowest BCUT2D eigenvalue weighted by Gasteiger charge is -2.10. The van der Waals surface area contributed by atoms with Crippen LogP contribution >= 0.6 is 0 Å². The maximum atomic E-state index is 5.71. The summed E-state index contributed by atoms with van der Waals surface area (Å²) in [4.78, 5) is 8.19. The Bertz CT molecular complexity index is 528. The summed E-state index contributed by atoms with van der Waals surface area (Å²) in [6.07, 6.45) is 1.46. The zero-order valence-electron chi connectivity index (χ0n) is 9.77. The number of anilines is 3. The van der Waals surface area contributed by atoms with Crippen molar-refractivity contribution in [2.45, 2.75) is 6.92 Å². The van der Waals surface area contributed by atoms with Crippen LogP contribution in [0.2, 0.25) is 0 Å². The minimum Gasteiger partial charge on any atom is -0.481 e. The summed E-state index contributed by atoms with van der Waals surface area (Å²) >= 11 is 0. The van der Waals surface area contributed by atoms with Gasteiger partial charge in [-0.05, 0) is 25.1 Å². The molecular formula is C12H14N4O. The maximum absolute atomic E-state index is 5.71. The number of nitrogens with zero attached hydrogens (tertiary/aromatic N) is 2. The number of hydrogen-bond donors (Lipinski definition) is 2. The summed E-state index contributed by atoms with van der Waals surface area (Å²) in [7, 11) is 1.58. The molecule has 3 N–H and O–H groups in total. The van der Waals surface area contributed by atoms with Crippen LogP contribution in [-0.2, 0) is 0 Å². The van der Waals surface area contributed by atoms with Crippen LogP contribution in [0, 0.1) is 6.92 Å². The summed E-state index contributed by atoms with van der Waals surface area (Å²) in [5.41, 5.74) is 8.15. The number of methoxy groups -OCH3 is 1. The van der Waals surface area contributed by atoms with Gasteiger partial charge in [0, 0.05) is 11.4 Å². The highest BCUT2D eigenvalue weighted by Gasteiger charge is 2.07. The van der Waals surface area contributed by atoms with Crippen LogP contribution in [0.5, 0.6) is 5.88 Å². The summed E-state index contributed by atoms with van der Waals surface area (Å²) in [5.74, 6) is 1.27. The van der Waals surface area contributed by atoms with E-state index in [1.165, 1.54) is 6.33 Å². The predicted molar refractivity (Wildman–Crippen MR) is 67.5 cm³/mol. The average Bonchev–Trinajstić information content (AvgIpc) is 2.32. The molecule has 0 amide bonds. The third-order valence-electron chi connectivity index (χ3n) is 2.38. The van der Waals surface area contributed by atoms with Crippen LogP contribution < -0.4 is 15.8 Å². The number of ether oxygens (including phenoxy) is 1. The highest BCUT2D eigenvalue weighted by Crippen LogP contribution is 2.24. The number of aromatic nitrogens is 2. The molecular weight excluding hydrogens is 216 g/mol. The highest BCUT2D eigenvalue weighted by molar-refractivity contribution is 5.64. The first-order valence-corrected chi connectivity index (χ1v) is 5.19. The highest BCUT2D eigenvalue weighted by atomic mass is 16.5. The van der Waals surface area contributed by atoms with Crippen molar-refractivity contribution in [3.63, 3.8) is 0 Å². The van der Waals surface area contributed by atoms with Crippen LogP contribution in [0.1, 0.15) is 5.56 Å². The van der Waals surface area contributed by atoms with Crippen molar-refractivity contribution in [2.75, 3.05) is 18.2 Å². The van der Waals surface area contributed by atoms with Gasteiger partial charge in [0.05, 0.1) is 12.7 Å². The van der Waals surface area contributed by atoms with Crippen molar-refractivity contribution >= 4 is 17.2 Å². The van der Waals surface area contributed by atoms with Crippen LogP contribution in [-0.4, -0.2) is 17.1 Å². The van der Waals surface area contributed by atoms with E-state index in [4.69, 9.17) is 10.5 Å². The SMILES string of the molecule is COc1ncnc(Nc2cccc(N)c2)c1C. The van der Waals surface area contributed by atoms with E-state index in [2.05, 4.69) is 15.3 Å². The Hall–Kier alpha value is -2.30. The smallest absolute Gasteiger partial charge is 0.221 e. The van der Waals surface area contributed by atoms with E-state index in [1.807, 2.05) is 31.2 Å². The molecule has 0 spiro atoms.